The molecule has 1 aliphatic heterocycles. The van der Waals surface area contributed by atoms with E-state index < -0.39 is 0 Å². The Kier molecular flexibility index (Phi) is 4.68. The molecule has 0 aliphatic carbocycles. The van der Waals surface area contributed by atoms with Gasteiger partial charge in [-0.1, -0.05) is 13.8 Å². The van der Waals surface area contributed by atoms with Crippen molar-refractivity contribution in [3.63, 3.8) is 0 Å². The fraction of sp³-hybridized carbons (Fsp3) is 0.533. The molecular weight excluding hydrogens is 321 g/mol. The van der Waals surface area contributed by atoms with Gasteiger partial charge in [-0.3, -0.25) is 5.41 Å². The van der Waals surface area contributed by atoms with Crippen LogP contribution in [0.3, 0.4) is 0 Å². The molecular formula is C15H21BrFN3. The summed E-state index contributed by atoms with van der Waals surface area (Å²) >= 11 is 3.21. The molecule has 0 radical (unpaired) electrons. The normalized spacial score (nSPS) is 16.8. The Hall–Kier alpha value is -1.10. The highest BCUT2D eigenvalue weighted by Gasteiger charge is 2.24. The van der Waals surface area contributed by atoms with E-state index in [-0.39, 0.29) is 16.1 Å². The van der Waals surface area contributed by atoms with E-state index in [0.29, 0.717) is 17.2 Å². The van der Waals surface area contributed by atoms with Gasteiger partial charge >= 0.3 is 0 Å². The van der Waals surface area contributed by atoms with Crippen molar-refractivity contribution in [2.45, 2.75) is 26.7 Å². The molecule has 1 aromatic carbocycles. The van der Waals surface area contributed by atoms with Gasteiger partial charge in [-0.15, -0.1) is 0 Å². The Morgan fingerprint density at radius 2 is 2.00 bits per heavy atom. The third-order valence-electron chi connectivity index (χ3n) is 4.18. The quantitative estimate of drug-likeness (QED) is 0.649. The van der Waals surface area contributed by atoms with Crippen LogP contribution in [0, 0.1) is 23.1 Å². The molecule has 2 rings (SSSR count). The average molecular weight is 342 g/mol. The number of amidine groups is 1. The first-order valence-corrected chi connectivity index (χ1v) is 7.78. The Morgan fingerprint density at radius 3 is 2.50 bits per heavy atom. The second kappa shape index (κ2) is 6.12. The Balaban J connectivity index is 2.19. The van der Waals surface area contributed by atoms with Crippen molar-refractivity contribution in [2.24, 2.45) is 17.6 Å². The van der Waals surface area contributed by atoms with Gasteiger partial charge in [0, 0.05) is 18.7 Å². The summed E-state index contributed by atoms with van der Waals surface area (Å²) in [6, 6.07) is 3.44. The summed E-state index contributed by atoms with van der Waals surface area (Å²) in [5, 5.41) is 7.43. The van der Waals surface area contributed by atoms with Gasteiger partial charge < -0.3 is 10.6 Å². The second-order valence-corrected chi connectivity index (χ2v) is 6.54. The fourth-order valence-electron chi connectivity index (χ4n) is 2.80. The summed E-state index contributed by atoms with van der Waals surface area (Å²) in [4.78, 5) is 2.09. The lowest BCUT2D eigenvalue weighted by Crippen LogP contribution is -2.35. The zero-order valence-corrected chi connectivity index (χ0v) is 13.5. The van der Waals surface area contributed by atoms with Crippen LogP contribution in [0.25, 0.3) is 0 Å². The molecule has 0 unspecified atom stereocenters. The van der Waals surface area contributed by atoms with Gasteiger partial charge in [0.2, 0.25) is 0 Å². The number of piperidine rings is 1. The Morgan fingerprint density at radius 1 is 1.40 bits per heavy atom. The minimum atomic E-state index is -0.319. The second-order valence-electron chi connectivity index (χ2n) is 5.74. The molecule has 0 bridgehead atoms. The highest BCUT2D eigenvalue weighted by Crippen LogP contribution is 2.33. The monoisotopic (exact) mass is 341 g/mol. The maximum absolute atomic E-state index is 14.4. The number of hydrogen-bond acceptors (Lipinski definition) is 2. The number of nitrogens with one attached hydrogen (secondary N) is 1. The summed E-state index contributed by atoms with van der Waals surface area (Å²) < 4.78 is 14.7. The van der Waals surface area contributed by atoms with Gasteiger partial charge in [0.15, 0.2) is 5.82 Å². The lowest BCUT2D eigenvalue weighted by Gasteiger charge is -2.35. The summed E-state index contributed by atoms with van der Waals surface area (Å²) in [5.41, 5.74) is 6.44. The van der Waals surface area contributed by atoms with Crippen molar-refractivity contribution in [1.29, 1.82) is 5.41 Å². The Labute approximate surface area is 128 Å². The number of nitrogens with two attached hydrogens (primary N) is 1. The number of nitrogens with zero attached hydrogens (tertiary/aromatic N) is 1. The maximum atomic E-state index is 14.4. The van der Waals surface area contributed by atoms with Crippen molar-refractivity contribution < 1.29 is 4.39 Å². The van der Waals surface area contributed by atoms with E-state index in [1.807, 2.05) is 0 Å². The molecule has 0 atom stereocenters. The standard InChI is InChI=1S/C15H21BrFN3/c1-9(2)10-5-7-20(8-6-10)12-4-3-11(15(18)19)13(16)14(12)17/h3-4,9-10H,5-8H2,1-2H3,(H3,18,19). The fourth-order valence-corrected chi connectivity index (χ4v) is 3.35. The topological polar surface area (TPSA) is 53.1 Å². The average Bonchev–Trinajstić information content (AvgIpc) is 2.41. The summed E-state index contributed by atoms with van der Waals surface area (Å²) in [5.74, 6) is 0.976. The summed E-state index contributed by atoms with van der Waals surface area (Å²) in [6.45, 7) is 6.26. The van der Waals surface area contributed by atoms with Crippen LogP contribution in [0.15, 0.2) is 16.6 Å². The zero-order valence-electron chi connectivity index (χ0n) is 11.9. The van der Waals surface area contributed by atoms with E-state index in [9.17, 15) is 4.39 Å². The maximum Gasteiger partial charge on any atom is 0.161 e. The van der Waals surface area contributed by atoms with Crippen LogP contribution in [0.1, 0.15) is 32.3 Å². The molecule has 5 heteroatoms. The number of hydrogen-bond donors (Lipinski definition) is 2. The van der Waals surface area contributed by atoms with Crippen molar-refractivity contribution in [3.8, 4) is 0 Å². The molecule has 0 amide bonds. The van der Waals surface area contributed by atoms with E-state index in [1.165, 1.54) is 0 Å². The minimum Gasteiger partial charge on any atom is -0.384 e. The lowest BCUT2D eigenvalue weighted by molar-refractivity contribution is 0.310. The molecule has 20 heavy (non-hydrogen) atoms. The lowest BCUT2D eigenvalue weighted by atomic mass is 9.86. The van der Waals surface area contributed by atoms with Crippen LogP contribution in [-0.2, 0) is 0 Å². The van der Waals surface area contributed by atoms with Gasteiger partial charge in [0.1, 0.15) is 5.84 Å². The van der Waals surface area contributed by atoms with E-state index in [2.05, 4.69) is 34.7 Å². The SMILES string of the molecule is CC(C)C1CCN(c2ccc(C(=N)N)c(Br)c2F)CC1. The van der Waals surface area contributed by atoms with Gasteiger partial charge in [-0.2, -0.15) is 0 Å². The molecule has 1 aliphatic rings. The molecule has 1 fully saturated rings. The third-order valence-corrected chi connectivity index (χ3v) is 4.95. The minimum absolute atomic E-state index is 0.124. The summed E-state index contributed by atoms with van der Waals surface area (Å²) in [7, 11) is 0. The van der Waals surface area contributed by atoms with Crippen LogP contribution >= 0.6 is 15.9 Å². The molecule has 0 spiro atoms. The third kappa shape index (κ3) is 2.97. The number of halogens is 2. The highest BCUT2D eigenvalue weighted by atomic mass is 79.9. The van der Waals surface area contributed by atoms with Crippen molar-refractivity contribution in [3.05, 3.63) is 28.0 Å². The predicted molar refractivity (Wildman–Crippen MR) is 84.9 cm³/mol. The largest absolute Gasteiger partial charge is 0.384 e. The van der Waals surface area contributed by atoms with E-state index in [0.717, 1.165) is 31.8 Å². The zero-order chi connectivity index (χ0) is 14.9. The summed E-state index contributed by atoms with van der Waals surface area (Å²) in [6.07, 6.45) is 2.20. The smallest absolute Gasteiger partial charge is 0.161 e. The first-order chi connectivity index (χ1) is 9.41. The van der Waals surface area contributed by atoms with Gasteiger partial charge in [-0.25, -0.2) is 4.39 Å². The van der Waals surface area contributed by atoms with Gasteiger partial charge in [-0.05, 0) is 52.7 Å². The number of nitrogen functional groups attached to an aromatic ring is 1. The number of benzene rings is 1. The first kappa shape index (κ1) is 15.3. The molecule has 0 saturated carbocycles. The van der Waals surface area contributed by atoms with Crippen molar-refractivity contribution in [2.75, 3.05) is 18.0 Å². The number of anilines is 1. The molecule has 3 N–H and O–H groups in total. The number of rotatable bonds is 3. The first-order valence-electron chi connectivity index (χ1n) is 6.99. The van der Waals surface area contributed by atoms with E-state index in [1.54, 1.807) is 12.1 Å². The van der Waals surface area contributed by atoms with Crippen molar-refractivity contribution in [1.82, 2.24) is 0 Å². The van der Waals surface area contributed by atoms with Crippen LogP contribution in [-0.4, -0.2) is 18.9 Å². The Bertz CT molecular complexity index is 508. The van der Waals surface area contributed by atoms with Gasteiger partial charge in [0.25, 0.3) is 0 Å². The van der Waals surface area contributed by atoms with Crippen LogP contribution in [0.5, 0.6) is 0 Å². The van der Waals surface area contributed by atoms with Crippen molar-refractivity contribution >= 4 is 27.5 Å². The predicted octanol–water partition coefficient (Wildman–Crippen LogP) is 3.74. The molecule has 110 valence electrons. The van der Waals surface area contributed by atoms with E-state index >= 15 is 0 Å². The van der Waals surface area contributed by atoms with Crippen LogP contribution < -0.4 is 10.6 Å². The van der Waals surface area contributed by atoms with Crippen LogP contribution in [0.2, 0.25) is 0 Å². The molecule has 0 aromatic heterocycles. The molecule has 3 nitrogen and oxygen atoms in total. The molecule has 1 saturated heterocycles. The highest BCUT2D eigenvalue weighted by molar-refractivity contribution is 9.10. The van der Waals surface area contributed by atoms with Gasteiger partial charge in [0.05, 0.1) is 10.2 Å². The molecule has 1 aromatic rings. The molecule has 1 heterocycles. The van der Waals surface area contributed by atoms with E-state index in [4.69, 9.17) is 11.1 Å². The van der Waals surface area contributed by atoms with Crippen LogP contribution in [0.4, 0.5) is 10.1 Å².